The Kier molecular flexibility index (Phi) is 3.76. The summed E-state index contributed by atoms with van der Waals surface area (Å²) in [7, 11) is 0. The number of rotatable bonds is 3. The fourth-order valence-electron chi connectivity index (χ4n) is 3.20. The molecule has 2 rings (SSSR count). The Balaban J connectivity index is 2.16. The van der Waals surface area contributed by atoms with E-state index in [1.165, 1.54) is 26.2 Å². The van der Waals surface area contributed by atoms with Gasteiger partial charge in [-0.1, -0.05) is 6.42 Å². The van der Waals surface area contributed by atoms with E-state index >= 15 is 0 Å². The van der Waals surface area contributed by atoms with Gasteiger partial charge in [0.1, 0.15) is 0 Å². The fourth-order valence-corrected chi connectivity index (χ4v) is 4.74. The standard InChI is InChI=1S/C13H22N2O2S/c1-9-7-13(5-4-6-13)8-15(9)18(17)12(10(2)14)11(3)16/h9H,4-8,14H2,1-3H3. The number of allylic oxidation sites excluding steroid dienone is 2. The van der Waals surface area contributed by atoms with Gasteiger partial charge in [0.25, 0.3) is 0 Å². The summed E-state index contributed by atoms with van der Waals surface area (Å²) in [6, 6.07) is 0.264. The predicted octanol–water partition coefficient (Wildman–Crippen LogP) is 1.69. The van der Waals surface area contributed by atoms with Gasteiger partial charge in [-0.15, -0.1) is 4.31 Å². The van der Waals surface area contributed by atoms with E-state index in [0.29, 0.717) is 11.1 Å². The van der Waals surface area contributed by atoms with Crippen LogP contribution in [0.3, 0.4) is 0 Å². The third-order valence-corrected chi connectivity index (χ3v) is 6.06. The second-order valence-corrected chi connectivity index (χ2v) is 7.17. The summed E-state index contributed by atoms with van der Waals surface area (Å²) in [6.07, 6.45) is 4.82. The van der Waals surface area contributed by atoms with E-state index in [1.54, 1.807) is 6.92 Å². The van der Waals surface area contributed by atoms with Crippen LogP contribution >= 0.6 is 0 Å². The van der Waals surface area contributed by atoms with Crippen LogP contribution in [0.4, 0.5) is 0 Å². The van der Waals surface area contributed by atoms with Gasteiger partial charge in [-0.05, 0) is 38.5 Å². The molecule has 0 amide bonds. The first-order valence-electron chi connectivity index (χ1n) is 6.52. The van der Waals surface area contributed by atoms with Crippen molar-refractivity contribution in [3.63, 3.8) is 0 Å². The Hall–Kier alpha value is -0.520. The Bertz CT molecular complexity index is 386. The second kappa shape index (κ2) is 4.87. The Morgan fingerprint density at radius 2 is 2.06 bits per heavy atom. The molecule has 1 aliphatic heterocycles. The highest BCUT2D eigenvalue weighted by Crippen LogP contribution is 2.51. The SMILES string of the molecule is CC(=O)C(=C(C)N)[S+]([O-])N1CC2(CCC2)CC1C. The molecule has 2 unspecified atom stereocenters. The van der Waals surface area contributed by atoms with Gasteiger partial charge in [-0.3, -0.25) is 4.79 Å². The molecule has 2 fully saturated rings. The molecule has 0 radical (unpaired) electrons. The number of ketones is 1. The van der Waals surface area contributed by atoms with Crippen LogP contribution in [-0.4, -0.2) is 27.2 Å². The first kappa shape index (κ1) is 13.9. The highest BCUT2D eigenvalue weighted by atomic mass is 32.2. The zero-order chi connectivity index (χ0) is 13.5. The molecule has 1 saturated heterocycles. The van der Waals surface area contributed by atoms with Crippen molar-refractivity contribution in [2.45, 2.75) is 52.5 Å². The Morgan fingerprint density at radius 3 is 2.39 bits per heavy atom. The lowest BCUT2D eigenvalue weighted by Crippen LogP contribution is -2.39. The molecule has 1 heterocycles. The van der Waals surface area contributed by atoms with Gasteiger partial charge in [-0.25, -0.2) is 0 Å². The summed E-state index contributed by atoms with van der Waals surface area (Å²) in [6.45, 7) is 6.01. The number of nitrogens with zero attached hydrogens (tertiary/aromatic N) is 1. The molecule has 18 heavy (non-hydrogen) atoms. The summed E-state index contributed by atoms with van der Waals surface area (Å²) >= 11 is -1.40. The number of carbonyl (C=O) groups is 1. The van der Waals surface area contributed by atoms with Crippen LogP contribution in [0.15, 0.2) is 10.6 Å². The van der Waals surface area contributed by atoms with Gasteiger partial charge in [0.2, 0.25) is 10.7 Å². The molecule has 2 aliphatic rings. The van der Waals surface area contributed by atoms with Gasteiger partial charge >= 0.3 is 0 Å². The topological polar surface area (TPSA) is 69.4 Å². The van der Waals surface area contributed by atoms with Crippen molar-refractivity contribution in [3.8, 4) is 0 Å². The Morgan fingerprint density at radius 1 is 1.44 bits per heavy atom. The monoisotopic (exact) mass is 270 g/mol. The van der Waals surface area contributed by atoms with Crippen molar-refractivity contribution in [1.82, 2.24) is 4.31 Å². The van der Waals surface area contributed by atoms with Crippen molar-refractivity contribution in [2.75, 3.05) is 6.54 Å². The predicted molar refractivity (Wildman–Crippen MR) is 72.8 cm³/mol. The zero-order valence-electron chi connectivity index (χ0n) is 11.4. The van der Waals surface area contributed by atoms with E-state index in [-0.39, 0.29) is 16.7 Å². The van der Waals surface area contributed by atoms with Crippen LogP contribution in [0, 0.1) is 5.41 Å². The molecule has 4 nitrogen and oxygen atoms in total. The van der Waals surface area contributed by atoms with E-state index in [0.717, 1.165) is 13.0 Å². The van der Waals surface area contributed by atoms with Crippen LogP contribution in [0.2, 0.25) is 0 Å². The van der Waals surface area contributed by atoms with E-state index in [2.05, 4.69) is 6.92 Å². The van der Waals surface area contributed by atoms with E-state index in [4.69, 9.17) is 5.73 Å². The molecule has 0 aromatic heterocycles. The molecule has 1 saturated carbocycles. The average Bonchev–Trinajstić information content (AvgIpc) is 2.54. The molecular weight excluding hydrogens is 248 g/mol. The highest BCUT2D eigenvalue weighted by Gasteiger charge is 2.51. The second-order valence-electron chi connectivity index (χ2n) is 5.80. The first-order valence-corrected chi connectivity index (χ1v) is 7.63. The van der Waals surface area contributed by atoms with Crippen molar-refractivity contribution < 1.29 is 9.35 Å². The van der Waals surface area contributed by atoms with Gasteiger partial charge in [0, 0.05) is 6.92 Å². The molecule has 1 aliphatic carbocycles. The summed E-state index contributed by atoms with van der Waals surface area (Å²) < 4.78 is 14.5. The molecule has 0 bridgehead atoms. The van der Waals surface area contributed by atoms with Gasteiger partial charge in [0.05, 0.1) is 29.6 Å². The van der Waals surface area contributed by atoms with E-state index in [9.17, 15) is 9.35 Å². The maximum absolute atomic E-state index is 12.5. The fraction of sp³-hybridized carbons (Fsp3) is 0.769. The van der Waals surface area contributed by atoms with Crippen molar-refractivity contribution in [2.24, 2.45) is 11.1 Å². The minimum absolute atomic E-state index is 0.185. The van der Waals surface area contributed by atoms with Crippen molar-refractivity contribution >= 4 is 17.1 Å². The molecule has 5 heteroatoms. The minimum atomic E-state index is -1.40. The average molecular weight is 270 g/mol. The molecule has 0 aromatic carbocycles. The Labute approximate surface area is 112 Å². The van der Waals surface area contributed by atoms with E-state index in [1.807, 2.05) is 4.31 Å². The maximum atomic E-state index is 12.5. The molecular formula is C13H22N2O2S. The largest absolute Gasteiger partial charge is 0.593 e. The molecule has 2 N–H and O–H groups in total. The number of hydrogen-bond acceptors (Lipinski definition) is 4. The highest BCUT2D eigenvalue weighted by molar-refractivity contribution is 7.94. The quantitative estimate of drug-likeness (QED) is 0.626. The number of hydrogen-bond donors (Lipinski definition) is 1. The van der Waals surface area contributed by atoms with Gasteiger partial charge < -0.3 is 10.3 Å². The van der Waals surface area contributed by atoms with Crippen LogP contribution in [0.25, 0.3) is 0 Å². The summed E-state index contributed by atoms with van der Waals surface area (Å²) in [4.78, 5) is 11.9. The third kappa shape index (κ3) is 2.31. The summed E-state index contributed by atoms with van der Waals surface area (Å²) in [5.41, 5.74) is 6.44. The van der Waals surface area contributed by atoms with Crippen molar-refractivity contribution in [3.05, 3.63) is 10.6 Å². The zero-order valence-corrected chi connectivity index (χ0v) is 12.2. The molecule has 1 spiro atoms. The van der Waals surface area contributed by atoms with Crippen LogP contribution in [0.1, 0.15) is 46.5 Å². The number of carbonyl (C=O) groups excluding carboxylic acids is 1. The van der Waals surface area contributed by atoms with Gasteiger partial charge in [0.15, 0.2) is 0 Å². The van der Waals surface area contributed by atoms with Gasteiger partial charge in [-0.2, -0.15) is 0 Å². The van der Waals surface area contributed by atoms with Crippen LogP contribution in [-0.2, 0) is 16.2 Å². The summed E-state index contributed by atoms with van der Waals surface area (Å²) in [5.74, 6) is -0.185. The third-order valence-electron chi connectivity index (χ3n) is 4.19. The lowest BCUT2D eigenvalue weighted by Gasteiger charge is -2.37. The smallest absolute Gasteiger partial charge is 0.234 e. The van der Waals surface area contributed by atoms with Crippen LogP contribution < -0.4 is 5.73 Å². The number of Topliss-reactive ketones (excluding diaryl/α,β-unsaturated/α-hetero) is 1. The lowest BCUT2D eigenvalue weighted by molar-refractivity contribution is -0.113. The number of nitrogens with two attached hydrogens (primary N) is 1. The van der Waals surface area contributed by atoms with Crippen LogP contribution in [0.5, 0.6) is 0 Å². The van der Waals surface area contributed by atoms with Crippen molar-refractivity contribution in [1.29, 1.82) is 0 Å². The lowest BCUT2D eigenvalue weighted by atomic mass is 9.68. The molecule has 102 valence electrons. The van der Waals surface area contributed by atoms with E-state index < -0.39 is 11.4 Å². The maximum Gasteiger partial charge on any atom is 0.234 e. The molecule has 0 aromatic rings. The normalized spacial score (nSPS) is 29.9. The minimum Gasteiger partial charge on any atom is -0.593 e. The molecule has 2 atom stereocenters. The summed E-state index contributed by atoms with van der Waals surface area (Å²) in [5, 5.41) is 0. The first-order chi connectivity index (χ1) is 8.36.